The maximum atomic E-state index is 13.1. The van der Waals surface area contributed by atoms with Gasteiger partial charge in [-0.25, -0.2) is 12.8 Å². The predicted molar refractivity (Wildman–Crippen MR) is 92.8 cm³/mol. The van der Waals surface area contributed by atoms with E-state index in [4.69, 9.17) is 0 Å². The molecule has 0 aliphatic heterocycles. The van der Waals surface area contributed by atoms with Crippen LogP contribution in [0.4, 0.5) is 15.8 Å². The van der Waals surface area contributed by atoms with Crippen molar-refractivity contribution in [1.82, 2.24) is 0 Å². The van der Waals surface area contributed by atoms with Crippen molar-refractivity contribution in [3.05, 3.63) is 60.4 Å². The minimum Gasteiger partial charge on any atom is -0.315 e. The number of benzene rings is 2. The molecule has 0 aliphatic carbocycles. The second-order valence-corrected chi connectivity index (χ2v) is 7.29. The molecule has 0 spiro atoms. The fourth-order valence-electron chi connectivity index (χ4n) is 2.28. The van der Waals surface area contributed by atoms with Crippen LogP contribution in [0.25, 0.3) is 0 Å². The topological polar surface area (TPSA) is 66.5 Å². The molecule has 128 valence electrons. The summed E-state index contributed by atoms with van der Waals surface area (Å²) in [6, 6.07) is 14.1. The van der Waals surface area contributed by atoms with Gasteiger partial charge in [0.25, 0.3) is 0 Å². The van der Waals surface area contributed by atoms with Gasteiger partial charge in [0.2, 0.25) is 15.9 Å². The second-order valence-electron chi connectivity index (χ2n) is 5.53. The first-order valence-electron chi connectivity index (χ1n) is 7.37. The molecule has 0 aliphatic rings. The number of sulfonamides is 1. The van der Waals surface area contributed by atoms with Crippen LogP contribution >= 0.6 is 0 Å². The molecule has 1 unspecified atom stereocenters. The molecule has 0 radical (unpaired) electrons. The normalized spacial score (nSPS) is 12.5. The van der Waals surface area contributed by atoms with Gasteiger partial charge in [-0.2, -0.15) is 0 Å². The molecule has 5 nitrogen and oxygen atoms in total. The van der Waals surface area contributed by atoms with Gasteiger partial charge in [0.05, 0.1) is 17.4 Å². The van der Waals surface area contributed by atoms with Crippen molar-refractivity contribution in [3.63, 3.8) is 0 Å². The summed E-state index contributed by atoms with van der Waals surface area (Å²) in [6.07, 6.45) is 0. The van der Waals surface area contributed by atoms with E-state index in [0.717, 1.165) is 6.07 Å². The summed E-state index contributed by atoms with van der Waals surface area (Å²) in [5.74, 6) is -1.99. The van der Waals surface area contributed by atoms with E-state index < -0.39 is 21.8 Å². The van der Waals surface area contributed by atoms with Crippen LogP contribution in [-0.2, 0) is 14.8 Å². The molecule has 1 N–H and O–H groups in total. The Morgan fingerprint density at radius 3 is 2.46 bits per heavy atom. The monoisotopic (exact) mass is 350 g/mol. The van der Waals surface area contributed by atoms with E-state index in [1.807, 2.05) is 6.07 Å². The van der Waals surface area contributed by atoms with Crippen molar-refractivity contribution in [2.45, 2.75) is 6.92 Å². The zero-order valence-electron chi connectivity index (χ0n) is 13.4. The summed E-state index contributed by atoms with van der Waals surface area (Å²) in [6.45, 7) is 1.55. The van der Waals surface area contributed by atoms with Gasteiger partial charge in [-0.05, 0) is 30.3 Å². The molecule has 2 aromatic carbocycles. The van der Waals surface area contributed by atoms with E-state index in [2.05, 4.69) is 4.72 Å². The SMILES string of the molecule is CC(CS(=O)(=O)Nc1cccc(F)c1)C(=O)N(C)c1ccccc1. The van der Waals surface area contributed by atoms with Crippen molar-refractivity contribution in [2.24, 2.45) is 5.92 Å². The summed E-state index contributed by atoms with van der Waals surface area (Å²) in [5, 5.41) is 0. The Morgan fingerprint density at radius 2 is 1.83 bits per heavy atom. The summed E-state index contributed by atoms with van der Waals surface area (Å²) in [7, 11) is -2.18. The van der Waals surface area contributed by atoms with Crippen LogP contribution in [0.5, 0.6) is 0 Å². The first-order chi connectivity index (χ1) is 11.3. The number of hydrogen-bond donors (Lipinski definition) is 1. The number of nitrogens with one attached hydrogen (secondary N) is 1. The van der Waals surface area contributed by atoms with E-state index in [-0.39, 0.29) is 17.3 Å². The van der Waals surface area contributed by atoms with Crippen LogP contribution in [0.15, 0.2) is 54.6 Å². The molecule has 0 saturated heterocycles. The lowest BCUT2D eigenvalue weighted by molar-refractivity contribution is -0.121. The van der Waals surface area contributed by atoms with Gasteiger partial charge in [0.15, 0.2) is 0 Å². The van der Waals surface area contributed by atoms with Gasteiger partial charge in [-0.3, -0.25) is 9.52 Å². The van der Waals surface area contributed by atoms with Crippen LogP contribution in [-0.4, -0.2) is 27.1 Å². The molecule has 0 bridgehead atoms. The third kappa shape index (κ3) is 4.79. The maximum absolute atomic E-state index is 13.1. The summed E-state index contributed by atoms with van der Waals surface area (Å²) >= 11 is 0. The molecule has 0 aromatic heterocycles. The smallest absolute Gasteiger partial charge is 0.233 e. The highest BCUT2D eigenvalue weighted by atomic mass is 32.2. The van der Waals surface area contributed by atoms with E-state index >= 15 is 0 Å². The zero-order valence-corrected chi connectivity index (χ0v) is 14.3. The van der Waals surface area contributed by atoms with Crippen LogP contribution in [0.2, 0.25) is 0 Å². The number of anilines is 2. The van der Waals surface area contributed by atoms with Crippen molar-refractivity contribution in [3.8, 4) is 0 Å². The van der Waals surface area contributed by atoms with Crippen molar-refractivity contribution in [2.75, 3.05) is 22.4 Å². The quantitative estimate of drug-likeness (QED) is 0.871. The lowest BCUT2D eigenvalue weighted by Gasteiger charge is -2.21. The lowest BCUT2D eigenvalue weighted by atomic mass is 10.2. The molecule has 2 aromatic rings. The number of carbonyl (C=O) groups excluding carboxylic acids is 1. The number of para-hydroxylation sites is 1. The fraction of sp³-hybridized carbons (Fsp3) is 0.235. The van der Waals surface area contributed by atoms with E-state index in [1.165, 1.54) is 23.1 Å². The molecule has 24 heavy (non-hydrogen) atoms. The lowest BCUT2D eigenvalue weighted by Crippen LogP contribution is -2.36. The first kappa shape index (κ1) is 17.9. The second kappa shape index (κ2) is 7.44. The highest BCUT2D eigenvalue weighted by molar-refractivity contribution is 7.92. The van der Waals surface area contributed by atoms with Gasteiger partial charge in [-0.15, -0.1) is 0 Å². The van der Waals surface area contributed by atoms with Crippen LogP contribution in [0, 0.1) is 11.7 Å². The maximum Gasteiger partial charge on any atom is 0.233 e. The molecule has 1 atom stereocenters. The standard InChI is InChI=1S/C17H19FN2O3S/c1-13(17(21)20(2)16-9-4-3-5-10-16)12-24(22,23)19-15-8-6-7-14(18)11-15/h3-11,13,19H,12H2,1-2H3. The van der Waals surface area contributed by atoms with Gasteiger partial charge in [0, 0.05) is 12.7 Å². The van der Waals surface area contributed by atoms with Crippen molar-refractivity contribution >= 4 is 27.3 Å². The molecular weight excluding hydrogens is 331 g/mol. The Bertz CT molecular complexity index is 810. The molecule has 0 heterocycles. The molecule has 0 saturated carbocycles. The van der Waals surface area contributed by atoms with Crippen LogP contribution in [0.3, 0.4) is 0 Å². The van der Waals surface area contributed by atoms with E-state index in [1.54, 1.807) is 38.2 Å². The average molecular weight is 350 g/mol. The summed E-state index contributed by atoms with van der Waals surface area (Å²) < 4.78 is 39.8. The Balaban J connectivity index is 2.04. The molecule has 2 rings (SSSR count). The highest BCUT2D eigenvalue weighted by Crippen LogP contribution is 2.17. The predicted octanol–water partition coefficient (Wildman–Crippen LogP) is 2.87. The zero-order chi connectivity index (χ0) is 17.7. The number of amides is 1. The number of halogens is 1. The van der Waals surface area contributed by atoms with Gasteiger partial charge in [-0.1, -0.05) is 31.2 Å². The Labute approximate surface area is 141 Å². The largest absolute Gasteiger partial charge is 0.315 e. The summed E-state index contributed by atoms with van der Waals surface area (Å²) in [4.78, 5) is 13.8. The van der Waals surface area contributed by atoms with Crippen LogP contribution in [0.1, 0.15) is 6.92 Å². The first-order valence-corrected chi connectivity index (χ1v) is 9.02. The molecular formula is C17H19FN2O3S. The van der Waals surface area contributed by atoms with E-state index in [9.17, 15) is 17.6 Å². The highest BCUT2D eigenvalue weighted by Gasteiger charge is 2.24. The third-order valence-corrected chi connectivity index (χ3v) is 4.95. The van der Waals surface area contributed by atoms with Gasteiger partial charge in [0.1, 0.15) is 5.82 Å². The van der Waals surface area contributed by atoms with Gasteiger partial charge >= 0.3 is 0 Å². The van der Waals surface area contributed by atoms with Crippen molar-refractivity contribution < 1.29 is 17.6 Å². The number of rotatable bonds is 6. The summed E-state index contributed by atoms with van der Waals surface area (Å²) in [5.41, 5.74) is 0.816. The molecule has 7 heteroatoms. The Kier molecular flexibility index (Phi) is 5.56. The minimum absolute atomic E-state index is 0.131. The Morgan fingerprint density at radius 1 is 1.17 bits per heavy atom. The average Bonchev–Trinajstić information content (AvgIpc) is 2.53. The Hall–Kier alpha value is -2.41. The third-order valence-electron chi connectivity index (χ3n) is 3.46. The van der Waals surface area contributed by atoms with Crippen LogP contribution < -0.4 is 9.62 Å². The molecule has 1 amide bonds. The fourth-order valence-corrected chi connectivity index (χ4v) is 3.65. The number of carbonyl (C=O) groups is 1. The minimum atomic E-state index is -3.78. The number of hydrogen-bond acceptors (Lipinski definition) is 3. The van der Waals surface area contributed by atoms with Gasteiger partial charge < -0.3 is 4.90 Å². The number of nitrogens with zero attached hydrogens (tertiary/aromatic N) is 1. The van der Waals surface area contributed by atoms with Crippen molar-refractivity contribution in [1.29, 1.82) is 0 Å². The van der Waals surface area contributed by atoms with E-state index in [0.29, 0.717) is 5.69 Å². The molecule has 0 fully saturated rings.